The summed E-state index contributed by atoms with van der Waals surface area (Å²) in [5.74, 6) is 1.92. The van der Waals surface area contributed by atoms with Crippen LogP contribution < -0.4 is 9.64 Å². The first-order chi connectivity index (χ1) is 11.8. The van der Waals surface area contributed by atoms with E-state index in [0.717, 1.165) is 24.7 Å². The Hall–Kier alpha value is -2.07. The SMILES string of the molecule is Cc1ccc(OCCCO)cc1-c1ccnc(N2CCCCC2)c1. The topological polar surface area (TPSA) is 45.6 Å². The van der Waals surface area contributed by atoms with Crippen molar-refractivity contribution in [3.05, 3.63) is 42.1 Å². The maximum atomic E-state index is 8.88. The smallest absolute Gasteiger partial charge is 0.129 e. The summed E-state index contributed by atoms with van der Waals surface area (Å²) in [6.07, 6.45) is 6.37. The molecule has 2 aromatic rings. The van der Waals surface area contributed by atoms with Gasteiger partial charge in [0.25, 0.3) is 0 Å². The van der Waals surface area contributed by atoms with Gasteiger partial charge in [0.05, 0.1) is 6.61 Å². The van der Waals surface area contributed by atoms with Crippen LogP contribution in [0.25, 0.3) is 11.1 Å². The molecule has 1 fully saturated rings. The van der Waals surface area contributed by atoms with E-state index in [2.05, 4.69) is 41.1 Å². The second-order valence-corrected chi connectivity index (χ2v) is 6.35. The summed E-state index contributed by atoms with van der Waals surface area (Å²) in [6.45, 7) is 5.00. The quantitative estimate of drug-likeness (QED) is 0.820. The maximum absolute atomic E-state index is 8.88. The van der Waals surface area contributed by atoms with E-state index in [4.69, 9.17) is 9.84 Å². The van der Waals surface area contributed by atoms with Gasteiger partial charge in [0.2, 0.25) is 0 Å². The molecular formula is C20H26N2O2. The molecule has 0 radical (unpaired) electrons. The molecule has 0 bridgehead atoms. The number of hydrogen-bond donors (Lipinski definition) is 1. The van der Waals surface area contributed by atoms with Crippen molar-refractivity contribution in [2.75, 3.05) is 31.2 Å². The molecule has 24 heavy (non-hydrogen) atoms. The molecule has 1 aliphatic rings. The van der Waals surface area contributed by atoms with Crippen molar-refractivity contribution in [3.8, 4) is 16.9 Å². The minimum Gasteiger partial charge on any atom is -0.493 e. The lowest BCUT2D eigenvalue weighted by molar-refractivity contribution is 0.233. The number of ether oxygens (including phenoxy) is 1. The lowest BCUT2D eigenvalue weighted by atomic mass is 10.0. The van der Waals surface area contributed by atoms with Gasteiger partial charge in [0.1, 0.15) is 11.6 Å². The molecule has 1 aromatic carbocycles. The zero-order valence-corrected chi connectivity index (χ0v) is 14.4. The van der Waals surface area contributed by atoms with Gasteiger partial charge in [-0.05, 0) is 67.1 Å². The lowest BCUT2D eigenvalue weighted by Crippen LogP contribution is -2.30. The van der Waals surface area contributed by atoms with Crippen LogP contribution in [0, 0.1) is 6.92 Å². The van der Waals surface area contributed by atoms with Crippen molar-refractivity contribution in [1.29, 1.82) is 0 Å². The third-order valence-corrected chi connectivity index (χ3v) is 4.52. The van der Waals surface area contributed by atoms with Crippen molar-refractivity contribution >= 4 is 5.82 Å². The molecule has 1 aromatic heterocycles. The third kappa shape index (κ3) is 4.06. The largest absolute Gasteiger partial charge is 0.493 e. The van der Waals surface area contributed by atoms with Crippen molar-refractivity contribution < 1.29 is 9.84 Å². The molecule has 1 saturated heterocycles. The number of aromatic nitrogens is 1. The summed E-state index contributed by atoms with van der Waals surface area (Å²) in [5.41, 5.74) is 3.58. The Labute approximate surface area is 144 Å². The molecule has 0 unspecified atom stereocenters. The number of hydrogen-bond acceptors (Lipinski definition) is 4. The fourth-order valence-corrected chi connectivity index (χ4v) is 3.14. The molecule has 0 saturated carbocycles. The summed E-state index contributed by atoms with van der Waals surface area (Å²) < 4.78 is 5.72. The van der Waals surface area contributed by atoms with E-state index in [1.165, 1.54) is 36.0 Å². The van der Waals surface area contributed by atoms with Crippen LogP contribution in [0.3, 0.4) is 0 Å². The summed E-state index contributed by atoms with van der Waals surface area (Å²) in [4.78, 5) is 6.95. The minimum atomic E-state index is 0.155. The molecule has 1 aliphatic heterocycles. The van der Waals surface area contributed by atoms with E-state index < -0.39 is 0 Å². The van der Waals surface area contributed by atoms with Crippen LogP contribution in [0.1, 0.15) is 31.2 Å². The van der Waals surface area contributed by atoms with Gasteiger partial charge in [-0.2, -0.15) is 0 Å². The number of benzene rings is 1. The summed E-state index contributed by atoms with van der Waals surface area (Å²) in [6, 6.07) is 10.4. The van der Waals surface area contributed by atoms with Gasteiger partial charge in [-0.1, -0.05) is 6.07 Å². The molecule has 0 aliphatic carbocycles. The third-order valence-electron chi connectivity index (χ3n) is 4.52. The zero-order valence-electron chi connectivity index (χ0n) is 14.4. The van der Waals surface area contributed by atoms with Gasteiger partial charge >= 0.3 is 0 Å². The van der Waals surface area contributed by atoms with Crippen LogP contribution >= 0.6 is 0 Å². The van der Waals surface area contributed by atoms with Crippen LogP contribution in [-0.2, 0) is 0 Å². The first-order valence-corrected chi connectivity index (χ1v) is 8.83. The Morgan fingerprint density at radius 2 is 1.96 bits per heavy atom. The monoisotopic (exact) mass is 326 g/mol. The lowest BCUT2D eigenvalue weighted by Gasteiger charge is -2.28. The number of aliphatic hydroxyl groups is 1. The molecule has 0 atom stereocenters. The Balaban J connectivity index is 1.83. The fraction of sp³-hybridized carbons (Fsp3) is 0.450. The van der Waals surface area contributed by atoms with E-state index in [-0.39, 0.29) is 6.61 Å². The second kappa shape index (κ2) is 8.15. The molecule has 3 rings (SSSR count). The van der Waals surface area contributed by atoms with Gasteiger partial charge < -0.3 is 14.7 Å². The normalized spacial score (nSPS) is 14.7. The van der Waals surface area contributed by atoms with E-state index in [1.807, 2.05) is 12.3 Å². The summed E-state index contributed by atoms with van der Waals surface area (Å²) in [5, 5.41) is 8.88. The van der Waals surface area contributed by atoms with Gasteiger partial charge in [0.15, 0.2) is 0 Å². The molecule has 128 valence electrons. The van der Waals surface area contributed by atoms with Crippen LogP contribution in [0.2, 0.25) is 0 Å². The predicted molar refractivity (Wildman–Crippen MR) is 97.7 cm³/mol. The highest BCUT2D eigenvalue weighted by Crippen LogP contribution is 2.30. The number of rotatable bonds is 6. The highest BCUT2D eigenvalue weighted by atomic mass is 16.5. The van der Waals surface area contributed by atoms with Crippen LogP contribution in [0.4, 0.5) is 5.82 Å². The number of aliphatic hydroxyl groups excluding tert-OH is 1. The molecular weight excluding hydrogens is 300 g/mol. The van der Waals surface area contributed by atoms with Gasteiger partial charge in [0, 0.05) is 32.3 Å². The predicted octanol–water partition coefficient (Wildman–Crippen LogP) is 3.81. The van der Waals surface area contributed by atoms with E-state index in [9.17, 15) is 0 Å². The van der Waals surface area contributed by atoms with Crippen LogP contribution in [0.5, 0.6) is 5.75 Å². The number of anilines is 1. The molecule has 0 spiro atoms. The summed E-state index contributed by atoms with van der Waals surface area (Å²) in [7, 11) is 0. The summed E-state index contributed by atoms with van der Waals surface area (Å²) >= 11 is 0. The average molecular weight is 326 g/mol. The molecule has 4 nitrogen and oxygen atoms in total. The zero-order chi connectivity index (χ0) is 16.8. The van der Waals surface area contributed by atoms with Crippen molar-refractivity contribution in [2.24, 2.45) is 0 Å². The van der Waals surface area contributed by atoms with Gasteiger partial charge in [-0.25, -0.2) is 4.98 Å². The Bertz CT molecular complexity index is 666. The van der Waals surface area contributed by atoms with Crippen molar-refractivity contribution in [1.82, 2.24) is 4.98 Å². The van der Waals surface area contributed by atoms with E-state index in [1.54, 1.807) is 0 Å². The van der Waals surface area contributed by atoms with Crippen molar-refractivity contribution in [3.63, 3.8) is 0 Å². The molecule has 2 heterocycles. The fourth-order valence-electron chi connectivity index (χ4n) is 3.14. The molecule has 1 N–H and O–H groups in total. The number of nitrogens with zero attached hydrogens (tertiary/aromatic N) is 2. The Morgan fingerprint density at radius 3 is 2.75 bits per heavy atom. The first-order valence-electron chi connectivity index (χ1n) is 8.83. The van der Waals surface area contributed by atoms with Gasteiger partial charge in [-0.15, -0.1) is 0 Å². The molecule has 4 heteroatoms. The second-order valence-electron chi connectivity index (χ2n) is 6.35. The van der Waals surface area contributed by atoms with E-state index in [0.29, 0.717) is 13.0 Å². The minimum absolute atomic E-state index is 0.155. The van der Waals surface area contributed by atoms with Crippen molar-refractivity contribution in [2.45, 2.75) is 32.6 Å². The van der Waals surface area contributed by atoms with Gasteiger partial charge in [-0.3, -0.25) is 0 Å². The first kappa shape index (κ1) is 16.8. The molecule has 0 amide bonds. The Kier molecular flexibility index (Phi) is 5.70. The average Bonchev–Trinajstić information content (AvgIpc) is 2.64. The standard InChI is InChI=1S/C20H26N2O2/c1-16-6-7-18(24-13-5-12-23)15-19(16)17-8-9-21-20(14-17)22-10-3-2-4-11-22/h6-9,14-15,23H,2-5,10-13H2,1H3. The Morgan fingerprint density at radius 1 is 1.12 bits per heavy atom. The van der Waals surface area contributed by atoms with Crippen LogP contribution in [0.15, 0.2) is 36.5 Å². The van der Waals surface area contributed by atoms with E-state index >= 15 is 0 Å². The number of aryl methyl sites for hydroxylation is 1. The highest BCUT2D eigenvalue weighted by molar-refractivity contribution is 5.71. The highest BCUT2D eigenvalue weighted by Gasteiger charge is 2.13. The maximum Gasteiger partial charge on any atom is 0.129 e. The number of piperidine rings is 1. The van der Waals surface area contributed by atoms with Crippen LogP contribution in [-0.4, -0.2) is 36.4 Å². The number of pyridine rings is 1.